The second kappa shape index (κ2) is 7.50. The fourth-order valence-electron chi connectivity index (χ4n) is 1.39. The van der Waals surface area contributed by atoms with Crippen LogP contribution >= 0.6 is 0 Å². The van der Waals surface area contributed by atoms with Crippen molar-refractivity contribution in [3.63, 3.8) is 0 Å². The molecule has 5 nitrogen and oxygen atoms in total. The van der Waals surface area contributed by atoms with Gasteiger partial charge in [-0.15, -0.1) is 0 Å². The summed E-state index contributed by atoms with van der Waals surface area (Å²) in [5.41, 5.74) is 2.64. The molecule has 17 heavy (non-hydrogen) atoms. The average Bonchev–Trinajstić information content (AvgIpc) is 3.08. The van der Waals surface area contributed by atoms with E-state index in [1.54, 1.807) is 0 Å². The molecule has 0 saturated heterocycles. The first-order valence-corrected chi connectivity index (χ1v) is 6.43. The van der Waals surface area contributed by atoms with Crippen LogP contribution in [-0.2, 0) is 4.74 Å². The van der Waals surface area contributed by atoms with Crippen LogP contribution in [0.2, 0.25) is 0 Å². The molecule has 5 heteroatoms. The van der Waals surface area contributed by atoms with Crippen molar-refractivity contribution in [2.75, 3.05) is 33.4 Å². The van der Waals surface area contributed by atoms with Crippen LogP contribution in [0.4, 0.5) is 0 Å². The molecule has 0 aromatic rings. The van der Waals surface area contributed by atoms with Crippen LogP contribution in [0, 0.1) is 11.8 Å². The quantitative estimate of drug-likeness (QED) is 0.228. The van der Waals surface area contributed by atoms with E-state index in [1.807, 2.05) is 11.9 Å². The monoisotopic (exact) mass is 242 g/mol. The van der Waals surface area contributed by atoms with Gasteiger partial charge in [-0.25, -0.2) is 5.84 Å². The smallest absolute Gasteiger partial charge is 0.208 e. The molecular weight excluding hydrogens is 216 g/mol. The van der Waals surface area contributed by atoms with E-state index in [0.717, 1.165) is 38.2 Å². The number of aliphatic imine (C=N–C) groups is 1. The first kappa shape index (κ1) is 14.3. The standard InChI is InChI=1S/C12H26N4O/c1-10(2)8-14-12(15-13)16(3)6-7-17-9-11-4-5-11/h10-11H,4-9,13H2,1-3H3,(H,14,15). The Balaban J connectivity index is 2.16. The van der Waals surface area contributed by atoms with Crippen LogP contribution in [0.15, 0.2) is 4.99 Å². The Hall–Kier alpha value is -0.810. The van der Waals surface area contributed by atoms with Crippen molar-refractivity contribution in [1.29, 1.82) is 0 Å². The molecule has 1 rings (SSSR count). The van der Waals surface area contributed by atoms with Gasteiger partial charge in [-0.05, 0) is 24.7 Å². The number of hydrogen-bond donors (Lipinski definition) is 2. The van der Waals surface area contributed by atoms with Crippen molar-refractivity contribution in [3.8, 4) is 0 Å². The molecule has 0 aromatic heterocycles. The lowest BCUT2D eigenvalue weighted by atomic mass is 10.2. The third-order valence-corrected chi connectivity index (χ3v) is 2.72. The van der Waals surface area contributed by atoms with E-state index in [2.05, 4.69) is 24.3 Å². The molecule has 1 aliphatic rings. The van der Waals surface area contributed by atoms with Gasteiger partial charge in [-0.1, -0.05) is 13.8 Å². The number of likely N-dealkylation sites (N-methyl/N-ethyl adjacent to an activating group) is 1. The largest absolute Gasteiger partial charge is 0.379 e. The minimum absolute atomic E-state index is 0.540. The molecule has 0 spiro atoms. The molecule has 0 radical (unpaired) electrons. The van der Waals surface area contributed by atoms with Gasteiger partial charge in [0.25, 0.3) is 0 Å². The Labute approximate surface area is 104 Å². The van der Waals surface area contributed by atoms with Crippen molar-refractivity contribution in [2.45, 2.75) is 26.7 Å². The van der Waals surface area contributed by atoms with Gasteiger partial charge in [-0.3, -0.25) is 10.4 Å². The summed E-state index contributed by atoms with van der Waals surface area (Å²) >= 11 is 0. The number of nitrogens with zero attached hydrogens (tertiary/aromatic N) is 2. The van der Waals surface area contributed by atoms with E-state index in [4.69, 9.17) is 10.6 Å². The molecule has 0 aliphatic heterocycles. The molecule has 1 aliphatic carbocycles. The van der Waals surface area contributed by atoms with Gasteiger partial charge < -0.3 is 9.64 Å². The zero-order chi connectivity index (χ0) is 12.7. The van der Waals surface area contributed by atoms with E-state index in [-0.39, 0.29) is 0 Å². The maximum atomic E-state index is 5.58. The van der Waals surface area contributed by atoms with Gasteiger partial charge in [0.1, 0.15) is 0 Å². The molecule has 0 heterocycles. The van der Waals surface area contributed by atoms with Crippen LogP contribution in [0.5, 0.6) is 0 Å². The van der Waals surface area contributed by atoms with Crippen LogP contribution in [0.3, 0.4) is 0 Å². The summed E-state index contributed by atoms with van der Waals surface area (Å²) in [7, 11) is 1.97. The zero-order valence-corrected chi connectivity index (χ0v) is 11.3. The number of hydrogen-bond acceptors (Lipinski definition) is 3. The highest BCUT2D eigenvalue weighted by Crippen LogP contribution is 2.28. The highest BCUT2D eigenvalue weighted by Gasteiger charge is 2.21. The normalized spacial score (nSPS) is 16.4. The zero-order valence-electron chi connectivity index (χ0n) is 11.3. The number of hydrazine groups is 1. The first-order valence-electron chi connectivity index (χ1n) is 6.43. The third-order valence-electron chi connectivity index (χ3n) is 2.72. The summed E-state index contributed by atoms with van der Waals surface area (Å²) in [5, 5.41) is 0. The molecule has 0 unspecified atom stereocenters. The number of ether oxygens (including phenoxy) is 1. The van der Waals surface area contributed by atoms with Gasteiger partial charge in [-0.2, -0.15) is 0 Å². The Morgan fingerprint density at radius 1 is 1.53 bits per heavy atom. The molecule has 0 atom stereocenters. The maximum Gasteiger partial charge on any atom is 0.208 e. The maximum absolute atomic E-state index is 5.58. The Kier molecular flexibility index (Phi) is 6.29. The first-order chi connectivity index (χ1) is 8.13. The van der Waals surface area contributed by atoms with E-state index in [1.165, 1.54) is 12.8 Å². The van der Waals surface area contributed by atoms with Crippen molar-refractivity contribution < 1.29 is 4.74 Å². The Morgan fingerprint density at radius 3 is 2.76 bits per heavy atom. The molecular formula is C12H26N4O. The minimum Gasteiger partial charge on any atom is -0.379 e. The minimum atomic E-state index is 0.540. The van der Waals surface area contributed by atoms with Crippen molar-refractivity contribution in [2.24, 2.45) is 22.7 Å². The summed E-state index contributed by atoms with van der Waals surface area (Å²) in [4.78, 5) is 6.41. The summed E-state index contributed by atoms with van der Waals surface area (Å²) in [5.74, 6) is 7.55. The lowest BCUT2D eigenvalue weighted by Crippen LogP contribution is -2.44. The lowest BCUT2D eigenvalue weighted by Gasteiger charge is -2.20. The van der Waals surface area contributed by atoms with Crippen LogP contribution in [0.1, 0.15) is 26.7 Å². The molecule has 0 aromatic carbocycles. The lowest BCUT2D eigenvalue weighted by molar-refractivity contribution is 0.115. The third kappa shape index (κ3) is 6.48. The molecule has 1 saturated carbocycles. The summed E-state index contributed by atoms with van der Waals surface area (Å²) in [6.45, 7) is 7.51. The second-order valence-electron chi connectivity index (χ2n) is 5.14. The van der Waals surface area contributed by atoms with E-state index < -0.39 is 0 Å². The molecule has 100 valence electrons. The summed E-state index contributed by atoms with van der Waals surface area (Å²) < 4.78 is 5.58. The topological polar surface area (TPSA) is 62.9 Å². The van der Waals surface area contributed by atoms with Crippen LogP contribution in [0.25, 0.3) is 0 Å². The fraction of sp³-hybridized carbons (Fsp3) is 0.917. The van der Waals surface area contributed by atoms with Gasteiger partial charge in [0, 0.05) is 26.7 Å². The number of guanidine groups is 1. The highest BCUT2D eigenvalue weighted by molar-refractivity contribution is 5.79. The summed E-state index contributed by atoms with van der Waals surface area (Å²) in [6.07, 6.45) is 2.67. The van der Waals surface area contributed by atoms with Gasteiger partial charge in [0.2, 0.25) is 5.96 Å². The van der Waals surface area contributed by atoms with Gasteiger partial charge in [0.05, 0.1) is 6.61 Å². The van der Waals surface area contributed by atoms with E-state index in [9.17, 15) is 0 Å². The molecule has 1 fully saturated rings. The van der Waals surface area contributed by atoms with Crippen molar-refractivity contribution in [3.05, 3.63) is 0 Å². The number of nitrogens with one attached hydrogen (secondary N) is 1. The van der Waals surface area contributed by atoms with Crippen LogP contribution < -0.4 is 11.3 Å². The predicted octanol–water partition coefficient (Wildman–Crippen LogP) is 0.820. The predicted molar refractivity (Wildman–Crippen MR) is 70.6 cm³/mol. The van der Waals surface area contributed by atoms with Gasteiger partial charge >= 0.3 is 0 Å². The Morgan fingerprint density at radius 2 is 2.24 bits per heavy atom. The second-order valence-corrected chi connectivity index (χ2v) is 5.14. The fourth-order valence-corrected chi connectivity index (χ4v) is 1.39. The Bertz CT molecular complexity index is 239. The van der Waals surface area contributed by atoms with Gasteiger partial charge in [0.15, 0.2) is 0 Å². The summed E-state index contributed by atoms with van der Waals surface area (Å²) in [6, 6.07) is 0. The van der Waals surface area contributed by atoms with Crippen LogP contribution in [-0.4, -0.2) is 44.2 Å². The van der Waals surface area contributed by atoms with E-state index in [0.29, 0.717) is 5.92 Å². The average molecular weight is 242 g/mol. The molecule has 0 bridgehead atoms. The SMILES string of the molecule is CC(C)CN=C(NN)N(C)CCOCC1CC1. The van der Waals surface area contributed by atoms with Crippen molar-refractivity contribution in [1.82, 2.24) is 10.3 Å². The molecule has 0 amide bonds. The highest BCUT2D eigenvalue weighted by atomic mass is 16.5. The van der Waals surface area contributed by atoms with E-state index >= 15 is 0 Å². The van der Waals surface area contributed by atoms with Crippen molar-refractivity contribution >= 4 is 5.96 Å². The number of nitrogens with two attached hydrogens (primary N) is 1. The number of rotatable bonds is 7. The molecule has 3 N–H and O–H groups in total.